The molecule has 2 aromatic carbocycles. The predicted molar refractivity (Wildman–Crippen MR) is 116 cm³/mol. The van der Waals surface area contributed by atoms with Crippen LogP contribution in [0, 0.1) is 11.3 Å². The molecule has 0 saturated carbocycles. The van der Waals surface area contributed by atoms with Crippen LogP contribution in [-0.2, 0) is 10.3 Å². The number of nitriles is 1. The number of thiophene rings is 1. The van der Waals surface area contributed by atoms with Gasteiger partial charge in [-0.2, -0.15) is 5.26 Å². The topological polar surface area (TPSA) is 88.1 Å². The molecule has 0 unspecified atom stereocenters. The zero-order valence-corrected chi connectivity index (χ0v) is 17.4. The molecule has 0 radical (unpaired) electrons. The van der Waals surface area contributed by atoms with E-state index in [4.69, 9.17) is 15.7 Å². The van der Waals surface area contributed by atoms with Gasteiger partial charge in [0.1, 0.15) is 5.75 Å². The molecular formula is C23H23N3O2S. The van der Waals surface area contributed by atoms with Crippen LogP contribution in [0.2, 0.25) is 0 Å². The Bertz CT molecular complexity index is 1050. The Morgan fingerprint density at radius 1 is 1.21 bits per heavy atom. The number of rotatable bonds is 6. The van der Waals surface area contributed by atoms with Crippen molar-refractivity contribution in [3.63, 3.8) is 0 Å². The minimum Gasteiger partial charge on any atom is -0.497 e. The highest BCUT2D eigenvalue weighted by Gasteiger charge is 2.39. The number of hydrogen-bond acceptors (Lipinski definition) is 5. The lowest BCUT2D eigenvalue weighted by atomic mass is 9.79. The van der Waals surface area contributed by atoms with Crippen LogP contribution in [0.5, 0.6) is 5.75 Å². The van der Waals surface area contributed by atoms with Gasteiger partial charge in [-0.15, -0.1) is 11.3 Å². The number of benzene rings is 2. The fourth-order valence-electron chi connectivity index (χ4n) is 3.39. The fourth-order valence-corrected chi connectivity index (χ4v) is 4.42. The standard InChI is InChI=1S/C23H23N3O2S/c1-23(25,21(22(27)26-2)16-7-9-19(28-3)10-8-16)20-12-18(14-29-20)17-6-4-5-15(11-17)13-24/h4-12,14,21H,25H2,1-3H3,(H,26,27)/t21-,23+/m0/s1. The summed E-state index contributed by atoms with van der Waals surface area (Å²) in [7, 11) is 3.22. The van der Waals surface area contributed by atoms with E-state index in [0.717, 1.165) is 27.3 Å². The first-order valence-corrected chi connectivity index (χ1v) is 10.0. The Morgan fingerprint density at radius 2 is 1.93 bits per heavy atom. The number of amides is 1. The SMILES string of the molecule is CNC(=O)[C@H](c1ccc(OC)cc1)[C@](C)(N)c1cc(-c2cccc(C#N)c2)cs1. The molecule has 0 saturated heterocycles. The van der Waals surface area contributed by atoms with E-state index in [1.54, 1.807) is 20.2 Å². The molecule has 0 bridgehead atoms. The minimum absolute atomic E-state index is 0.151. The highest BCUT2D eigenvalue weighted by atomic mass is 32.1. The molecule has 0 spiro atoms. The maximum atomic E-state index is 12.8. The molecule has 0 aliphatic rings. The maximum absolute atomic E-state index is 12.8. The first-order chi connectivity index (χ1) is 13.9. The Kier molecular flexibility index (Phi) is 6.02. The van der Waals surface area contributed by atoms with E-state index < -0.39 is 11.5 Å². The van der Waals surface area contributed by atoms with Crippen LogP contribution in [0.15, 0.2) is 60.0 Å². The number of likely N-dealkylation sites (N-methyl/N-ethyl adjacent to an activating group) is 1. The Morgan fingerprint density at radius 3 is 2.55 bits per heavy atom. The lowest BCUT2D eigenvalue weighted by Gasteiger charge is -2.32. The molecule has 0 aliphatic heterocycles. The second-order valence-corrected chi connectivity index (χ2v) is 7.91. The van der Waals surface area contributed by atoms with Crippen molar-refractivity contribution in [2.75, 3.05) is 14.2 Å². The molecule has 0 fully saturated rings. The molecule has 3 rings (SSSR count). The maximum Gasteiger partial charge on any atom is 0.229 e. The lowest BCUT2D eigenvalue weighted by molar-refractivity contribution is -0.123. The van der Waals surface area contributed by atoms with Gasteiger partial charge in [-0.25, -0.2) is 0 Å². The second kappa shape index (κ2) is 8.48. The summed E-state index contributed by atoms with van der Waals surface area (Å²) >= 11 is 1.51. The fraction of sp³-hybridized carbons (Fsp3) is 0.217. The monoisotopic (exact) mass is 405 g/mol. The van der Waals surface area contributed by atoms with Crippen molar-refractivity contribution in [3.8, 4) is 22.9 Å². The van der Waals surface area contributed by atoms with Gasteiger partial charge in [-0.1, -0.05) is 24.3 Å². The summed E-state index contributed by atoms with van der Waals surface area (Å²) < 4.78 is 5.22. The predicted octanol–water partition coefficient (Wildman–Crippen LogP) is 4.00. The molecule has 3 aromatic rings. The molecule has 1 amide bonds. The Labute approximate surface area is 174 Å². The number of nitrogens with two attached hydrogens (primary N) is 1. The van der Waals surface area contributed by atoms with E-state index in [2.05, 4.69) is 11.4 Å². The number of nitrogens with one attached hydrogen (secondary N) is 1. The summed E-state index contributed by atoms with van der Waals surface area (Å²) in [5.41, 5.74) is 9.19. The van der Waals surface area contributed by atoms with Crippen molar-refractivity contribution < 1.29 is 9.53 Å². The Hall–Kier alpha value is -3.14. The third-order valence-corrected chi connectivity index (χ3v) is 6.20. The zero-order chi connectivity index (χ0) is 21.0. The summed E-state index contributed by atoms with van der Waals surface area (Å²) in [4.78, 5) is 13.7. The Balaban J connectivity index is 2.01. The number of hydrogen-bond donors (Lipinski definition) is 2. The van der Waals surface area contributed by atoms with E-state index in [9.17, 15) is 4.79 Å². The zero-order valence-electron chi connectivity index (χ0n) is 16.6. The first kappa shape index (κ1) is 20.6. The summed E-state index contributed by atoms with van der Waals surface area (Å²) in [5, 5.41) is 13.9. The highest BCUT2D eigenvalue weighted by molar-refractivity contribution is 7.10. The van der Waals surface area contributed by atoms with Crippen LogP contribution in [0.3, 0.4) is 0 Å². The average Bonchev–Trinajstić information content (AvgIpc) is 3.25. The second-order valence-electron chi connectivity index (χ2n) is 7.00. The summed E-state index contributed by atoms with van der Waals surface area (Å²) in [6, 6.07) is 19.0. The van der Waals surface area contributed by atoms with Crippen LogP contribution in [-0.4, -0.2) is 20.1 Å². The molecule has 148 valence electrons. The van der Waals surface area contributed by atoms with Gasteiger partial charge in [0.05, 0.1) is 30.2 Å². The normalized spacial score (nSPS) is 13.8. The van der Waals surface area contributed by atoms with Gasteiger partial charge in [0.2, 0.25) is 5.91 Å². The van der Waals surface area contributed by atoms with Crippen molar-refractivity contribution in [2.24, 2.45) is 5.73 Å². The third kappa shape index (κ3) is 4.16. The van der Waals surface area contributed by atoms with E-state index >= 15 is 0 Å². The van der Waals surface area contributed by atoms with E-state index in [-0.39, 0.29) is 5.91 Å². The molecule has 6 heteroatoms. The number of carbonyl (C=O) groups is 1. The molecule has 1 heterocycles. The van der Waals surface area contributed by atoms with Gasteiger partial charge in [0.25, 0.3) is 0 Å². The smallest absolute Gasteiger partial charge is 0.229 e. The molecule has 1 aromatic heterocycles. The first-order valence-electron chi connectivity index (χ1n) is 9.14. The summed E-state index contributed by atoms with van der Waals surface area (Å²) in [6.07, 6.45) is 0. The van der Waals surface area contributed by atoms with E-state index in [1.807, 2.05) is 60.8 Å². The quantitative estimate of drug-likeness (QED) is 0.649. The van der Waals surface area contributed by atoms with Gasteiger partial charge < -0.3 is 15.8 Å². The van der Waals surface area contributed by atoms with Gasteiger partial charge in [-0.3, -0.25) is 4.79 Å². The molecule has 2 atom stereocenters. The van der Waals surface area contributed by atoms with Gasteiger partial charge in [-0.05, 0) is 59.3 Å². The molecule has 5 nitrogen and oxygen atoms in total. The largest absolute Gasteiger partial charge is 0.497 e. The van der Waals surface area contributed by atoms with Crippen LogP contribution in [0.25, 0.3) is 11.1 Å². The molecule has 29 heavy (non-hydrogen) atoms. The van der Waals surface area contributed by atoms with Crippen molar-refractivity contribution in [1.82, 2.24) is 5.32 Å². The molecular weight excluding hydrogens is 382 g/mol. The average molecular weight is 406 g/mol. The van der Waals surface area contributed by atoms with Gasteiger partial charge in [0, 0.05) is 11.9 Å². The number of methoxy groups -OCH3 is 1. The van der Waals surface area contributed by atoms with Crippen molar-refractivity contribution in [3.05, 3.63) is 76.0 Å². The van der Waals surface area contributed by atoms with Crippen LogP contribution in [0.1, 0.15) is 28.8 Å². The van der Waals surface area contributed by atoms with E-state index in [1.165, 1.54) is 11.3 Å². The lowest BCUT2D eigenvalue weighted by Crippen LogP contribution is -2.46. The summed E-state index contributed by atoms with van der Waals surface area (Å²) in [6.45, 7) is 1.87. The molecule has 3 N–H and O–H groups in total. The van der Waals surface area contributed by atoms with Crippen LogP contribution >= 0.6 is 11.3 Å². The van der Waals surface area contributed by atoms with Crippen LogP contribution in [0.4, 0.5) is 0 Å². The van der Waals surface area contributed by atoms with Crippen molar-refractivity contribution in [2.45, 2.75) is 18.4 Å². The number of ether oxygens (including phenoxy) is 1. The van der Waals surface area contributed by atoms with Crippen molar-refractivity contribution in [1.29, 1.82) is 5.26 Å². The third-order valence-electron chi connectivity index (χ3n) is 5.01. The van der Waals surface area contributed by atoms with Crippen LogP contribution < -0.4 is 15.8 Å². The van der Waals surface area contributed by atoms with Gasteiger partial charge in [0.15, 0.2) is 0 Å². The number of nitrogens with zero attached hydrogens (tertiary/aromatic N) is 1. The summed E-state index contributed by atoms with van der Waals surface area (Å²) in [5.74, 6) is -0.00383. The van der Waals surface area contributed by atoms with E-state index in [0.29, 0.717) is 5.56 Å². The minimum atomic E-state index is -0.926. The molecule has 0 aliphatic carbocycles. The highest BCUT2D eigenvalue weighted by Crippen LogP contribution is 2.40. The van der Waals surface area contributed by atoms with Gasteiger partial charge >= 0.3 is 0 Å². The van der Waals surface area contributed by atoms with Crippen molar-refractivity contribution >= 4 is 17.2 Å². The number of carbonyl (C=O) groups excluding carboxylic acids is 1.